The Kier molecular flexibility index (Phi) is 8.59. The Labute approximate surface area is 201 Å². The molecule has 0 amide bonds. The van der Waals surface area contributed by atoms with Gasteiger partial charge in [-0.05, 0) is 53.9 Å². The summed E-state index contributed by atoms with van der Waals surface area (Å²) in [5, 5.41) is 25.7. The van der Waals surface area contributed by atoms with E-state index in [4.69, 9.17) is 14.6 Å². The number of carbonyl (C=O) groups is 1. The molecule has 0 unspecified atom stereocenters. The van der Waals surface area contributed by atoms with Crippen LogP contribution in [0.3, 0.4) is 0 Å². The van der Waals surface area contributed by atoms with Crippen LogP contribution in [0.15, 0.2) is 64.9 Å². The van der Waals surface area contributed by atoms with Crippen molar-refractivity contribution < 1.29 is 32.9 Å². The number of aliphatic hydroxyl groups is 2. The minimum Gasteiger partial charge on any atom is -0.496 e. The molecule has 4 N–H and O–H groups in total. The maximum atomic E-state index is 12.6. The highest BCUT2D eigenvalue weighted by atomic mass is 32.2. The van der Waals surface area contributed by atoms with Gasteiger partial charge in [-0.25, -0.2) is 13.6 Å². The highest BCUT2D eigenvalue weighted by Crippen LogP contribution is 2.39. The number of ether oxygens (including phenoxy) is 2. The summed E-state index contributed by atoms with van der Waals surface area (Å²) in [6, 6.07) is 12.7. The van der Waals surface area contributed by atoms with E-state index in [2.05, 4.69) is 0 Å². The van der Waals surface area contributed by atoms with E-state index >= 15 is 0 Å². The molecule has 0 bridgehead atoms. The first kappa shape index (κ1) is 25.6. The minimum atomic E-state index is -3.84. The van der Waals surface area contributed by atoms with E-state index in [9.17, 15) is 23.4 Å². The van der Waals surface area contributed by atoms with Gasteiger partial charge in [-0.15, -0.1) is 11.3 Å². The van der Waals surface area contributed by atoms with Crippen molar-refractivity contribution in [1.82, 2.24) is 0 Å². The smallest absolute Gasteiger partial charge is 0.238 e. The quantitative estimate of drug-likeness (QED) is 0.270. The van der Waals surface area contributed by atoms with Crippen LogP contribution >= 0.6 is 11.3 Å². The number of carbonyl (C=O) groups excluding carboxylic acids is 1. The van der Waals surface area contributed by atoms with Crippen molar-refractivity contribution in [1.29, 1.82) is 0 Å². The molecule has 180 valence electrons. The summed E-state index contributed by atoms with van der Waals surface area (Å²) in [5.74, 6) is 0.247. The normalized spacial score (nSPS) is 11.8. The highest BCUT2D eigenvalue weighted by molar-refractivity contribution is 7.89. The van der Waals surface area contributed by atoms with Gasteiger partial charge in [-0.1, -0.05) is 6.07 Å². The van der Waals surface area contributed by atoms with E-state index in [-0.39, 0.29) is 30.5 Å². The molecule has 10 heteroatoms. The number of allylic oxidation sites excluding steroid dienone is 1. The van der Waals surface area contributed by atoms with Crippen LogP contribution < -0.4 is 14.6 Å². The van der Waals surface area contributed by atoms with Crippen molar-refractivity contribution in [2.45, 2.75) is 4.90 Å². The average molecular weight is 504 g/mol. The van der Waals surface area contributed by atoms with Crippen molar-refractivity contribution in [2.24, 2.45) is 11.1 Å². The predicted molar refractivity (Wildman–Crippen MR) is 131 cm³/mol. The Bertz CT molecular complexity index is 1250. The SMILES string of the molecule is COc1cc(OCC(CO)CO)c(-c2cccs2)cc1/C=C/C(=O)c1ccc(S(N)(=O)=O)cc1. The Hall–Kier alpha value is -3.02. The number of methoxy groups -OCH3 is 1. The van der Waals surface area contributed by atoms with E-state index in [1.54, 1.807) is 12.1 Å². The predicted octanol–water partition coefficient (Wildman–Crippen LogP) is 2.95. The highest BCUT2D eigenvalue weighted by Gasteiger charge is 2.16. The van der Waals surface area contributed by atoms with Crippen LogP contribution in [0.2, 0.25) is 0 Å². The molecule has 0 fully saturated rings. The third-order valence-corrected chi connectivity index (χ3v) is 6.82. The van der Waals surface area contributed by atoms with Crippen molar-refractivity contribution >= 4 is 33.2 Å². The first-order valence-electron chi connectivity index (χ1n) is 10.2. The minimum absolute atomic E-state index is 0.0736. The Balaban J connectivity index is 1.92. The average Bonchev–Trinajstić information content (AvgIpc) is 3.37. The third kappa shape index (κ3) is 6.31. The van der Waals surface area contributed by atoms with Crippen LogP contribution in [0, 0.1) is 5.92 Å². The number of hydrogen-bond acceptors (Lipinski definition) is 8. The molecule has 1 aromatic heterocycles. The monoisotopic (exact) mass is 503 g/mol. The van der Waals surface area contributed by atoms with Crippen LogP contribution in [0.1, 0.15) is 15.9 Å². The van der Waals surface area contributed by atoms with Gasteiger partial charge in [-0.3, -0.25) is 4.79 Å². The lowest BCUT2D eigenvalue weighted by Gasteiger charge is -2.17. The van der Waals surface area contributed by atoms with Crippen LogP contribution in [0.25, 0.3) is 16.5 Å². The molecular formula is C24H25NO7S2. The van der Waals surface area contributed by atoms with Gasteiger partial charge in [-0.2, -0.15) is 0 Å². The molecule has 0 saturated carbocycles. The third-order valence-electron chi connectivity index (χ3n) is 4.99. The number of aliphatic hydroxyl groups excluding tert-OH is 2. The van der Waals surface area contributed by atoms with Crippen LogP contribution in [0.4, 0.5) is 0 Å². The summed E-state index contributed by atoms with van der Waals surface area (Å²) in [6.07, 6.45) is 2.98. The molecule has 0 aliphatic carbocycles. The van der Waals surface area contributed by atoms with Crippen molar-refractivity contribution in [3.63, 3.8) is 0 Å². The largest absolute Gasteiger partial charge is 0.496 e. The van der Waals surface area contributed by atoms with Gasteiger partial charge in [0.05, 0.1) is 31.8 Å². The van der Waals surface area contributed by atoms with Crippen LogP contribution in [-0.4, -0.2) is 51.3 Å². The zero-order chi connectivity index (χ0) is 24.7. The van der Waals surface area contributed by atoms with E-state index in [0.29, 0.717) is 22.6 Å². The number of ketones is 1. The molecule has 1 heterocycles. The number of hydrogen-bond donors (Lipinski definition) is 3. The molecule has 3 aromatic rings. The standard InChI is InChI=1S/C24H25NO7S2/c1-31-22-12-23(32-15-16(13-26)14-27)20(24-3-2-10-33-24)11-18(22)6-9-21(28)17-4-7-19(8-5-17)34(25,29)30/h2-12,16,26-27H,13-15H2,1H3,(H2,25,29,30)/b9-6+. The number of primary sulfonamides is 1. The molecule has 8 nitrogen and oxygen atoms in total. The van der Waals surface area contributed by atoms with E-state index in [1.807, 2.05) is 23.6 Å². The Morgan fingerprint density at radius 3 is 2.38 bits per heavy atom. The van der Waals surface area contributed by atoms with Gasteiger partial charge >= 0.3 is 0 Å². The fraction of sp³-hybridized carbons (Fsp3) is 0.208. The number of sulfonamides is 1. The molecule has 0 aliphatic rings. The van der Waals surface area contributed by atoms with Crippen LogP contribution in [0.5, 0.6) is 11.5 Å². The Morgan fingerprint density at radius 2 is 1.82 bits per heavy atom. The van der Waals surface area contributed by atoms with Gasteiger partial charge < -0.3 is 19.7 Å². The molecule has 0 saturated heterocycles. The molecule has 0 atom stereocenters. The van der Waals surface area contributed by atoms with Gasteiger partial charge in [0, 0.05) is 33.6 Å². The van der Waals surface area contributed by atoms with Gasteiger partial charge in [0.15, 0.2) is 5.78 Å². The van der Waals surface area contributed by atoms with Gasteiger partial charge in [0.25, 0.3) is 0 Å². The van der Waals surface area contributed by atoms with E-state index in [0.717, 1.165) is 10.4 Å². The number of benzene rings is 2. The maximum Gasteiger partial charge on any atom is 0.238 e. The molecule has 3 rings (SSSR count). The second kappa shape index (κ2) is 11.4. The second-order valence-corrected chi connectivity index (χ2v) is 9.89. The van der Waals surface area contributed by atoms with Crippen molar-refractivity contribution in [3.05, 3.63) is 71.1 Å². The van der Waals surface area contributed by atoms with Crippen LogP contribution in [-0.2, 0) is 10.0 Å². The van der Waals surface area contributed by atoms with E-state index < -0.39 is 15.9 Å². The topological polar surface area (TPSA) is 136 Å². The molecule has 2 aromatic carbocycles. The van der Waals surface area contributed by atoms with Gasteiger partial charge in [0.1, 0.15) is 11.5 Å². The summed E-state index contributed by atoms with van der Waals surface area (Å²) in [7, 11) is -2.34. The lowest BCUT2D eigenvalue weighted by molar-refractivity contribution is 0.104. The zero-order valence-corrected chi connectivity index (χ0v) is 20.0. The molecule has 34 heavy (non-hydrogen) atoms. The molecule has 0 spiro atoms. The van der Waals surface area contributed by atoms with Gasteiger partial charge in [0.2, 0.25) is 10.0 Å². The summed E-state index contributed by atoms with van der Waals surface area (Å²) in [5.41, 5.74) is 1.71. The van der Waals surface area contributed by atoms with Crippen molar-refractivity contribution in [2.75, 3.05) is 26.9 Å². The first-order chi connectivity index (χ1) is 16.3. The first-order valence-corrected chi connectivity index (χ1v) is 12.6. The zero-order valence-electron chi connectivity index (χ0n) is 18.4. The molecule has 0 aliphatic heterocycles. The summed E-state index contributed by atoms with van der Waals surface area (Å²) in [4.78, 5) is 13.5. The second-order valence-electron chi connectivity index (χ2n) is 7.38. The van der Waals surface area contributed by atoms with Crippen molar-refractivity contribution in [3.8, 4) is 21.9 Å². The van der Waals surface area contributed by atoms with E-state index in [1.165, 1.54) is 48.8 Å². The number of rotatable bonds is 11. The lowest BCUT2D eigenvalue weighted by atomic mass is 10.0. The lowest BCUT2D eigenvalue weighted by Crippen LogP contribution is -2.20. The summed E-state index contributed by atoms with van der Waals surface area (Å²) < 4.78 is 34.2. The Morgan fingerprint density at radius 1 is 1.12 bits per heavy atom. The molecular weight excluding hydrogens is 478 g/mol. The summed E-state index contributed by atoms with van der Waals surface area (Å²) >= 11 is 1.51. The fourth-order valence-corrected chi connectivity index (χ4v) is 4.33. The number of nitrogens with two attached hydrogens (primary N) is 1. The number of thiophene rings is 1. The summed E-state index contributed by atoms with van der Waals surface area (Å²) in [6.45, 7) is -0.289. The molecule has 0 radical (unpaired) electrons. The maximum absolute atomic E-state index is 12.6. The fourth-order valence-electron chi connectivity index (χ4n) is 3.07.